The van der Waals surface area contributed by atoms with Crippen LogP contribution in [0.2, 0.25) is 6.04 Å². The zero-order chi connectivity index (χ0) is 20.9. The summed E-state index contributed by atoms with van der Waals surface area (Å²) in [6.07, 6.45) is 22.5. The lowest BCUT2D eigenvalue weighted by atomic mass is 10.1. The number of hydrogen-bond donors (Lipinski definition) is 0. The Morgan fingerprint density at radius 2 is 0.893 bits per heavy atom. The predicted molar refractivity (Wildman–Crippen MR) is 126 cm³/mol. The summed E-state index contributed by atoms with van der Waals surface area (Å²) in [6, 6.07) is 1.13. The van der Waals surface area contributed by atoms with Crippen molar-refractivity contribution >= 4 is 9.28 Å². The Kier molecular flexibility index (Phi) is 20.4. The minimum atomic E-state index is -0.963. The van der Waals surface area contributed by atoms with Gasteiger partial charge >= 0.3 is 9.28 Å². The number of unbranched alkanes of at least 4 members (excludes halogenated alkanes) is 14. The van der Waals surface area contributed by atoms with E-state index in [-0.39, 0.29) is 0 Å². The van der Waals surface area contributed by atoms with Gasteiger partial charge in [0.1, 0.15) is 0 Å². The Labute approximate surface area is 180 Å². The van der Waals surface area contributed by atoms with Gasteiger partial charge in [-0.1, -0.05) is 84.0 Å². The van der Waals surface area contributed by atoms with E-state index < -0.39 is 9.28 Å². The molecule has 1 radical (unpaired) electrons. The van der Waals surface area contributed by atoms with E-state index in [1.54, 1.807) is 14.2 Å². The van der Waals surface area contributed by atoms with E-state index in [0.29, 0.717) is 0 Å². The molecule has 0 fully saturated rings. The summed E-state index contributed by atoms with van der Waals surface area (Å²) in [5, 5.41) is 0. The maximum atomic E-state index is 5.34. The molecule has 0 rings (SSSR count). The monoisotopic (exact) mass is 415 g/mol. The highest BCUT2D eigenvalue weighted by Crippen LogP contribution is 2.14. The third-order valence-electron chi connectivity index (χ3n) is 5.97. The predicted octanol–water partition coefficient (Wildman–Crippen LogP) is 7.11. The van der Waals surface area contributed by atoms with Crippen LogP contribution >= 0.6 is 0 Å². The highest BCUT2D eigenvalue weighted by atomic mass is 28.3. The Morgan fingerprint density at radius 1 is 0.536 bits per heavy atom. The average Bonchev–Trinajstić information content (AvgIpc) is 2.68. The molecule has 0 heterocycles. The van der Waals surface area contributed by atoms with Gasteiger partial charge in [-0.15, -0.1) is 0 Å². The summed E-state index contributed by atoms with van der Waals surface area (Å²) < 4.78 is 11.9. The number of hydrogen-bond acceptors (Lipinski definition) is 2. The Bertz CT molecular complexity index is 309. The second-order valence-electron chi connectivity index (χ2n) is 9.22. The quantitative estimate of drug-likeness (QED) is 0.107. The fourth-order valence-corrected chi connectivity index (χ4v) is 5.06. The van der Waals surface area contributed by atoms with E-state index in [1.807, 2.05) is 0 Å². The van der Waals surface area contributed by atoms with E-state index in [4.69, 9.17) is 8.85 Å². The SMILES string of the molecule is CCCCCCCCCCCC[N+](C)(C)CCCCCCCC[Si](OC)OC. The third kappa shape index (κ3) is 19.4. The van der Waals surface area contributed by atoms with Gasteiger partial charge in [0.15, 0.2) is 0 Å². The van der Waals surface area contributed by atoms with Crippen molar-refractivity contribution in [3.05, 3.63) is 0 Å². The standard InChI is InChI=1S/C24H53NO2Si/c1-6-7-8-9-10-11-12-13-16-19-22-25(2,3)23-20-17-14-15-18-21-24-28(26-4)27-5/h6-24H2,1-5H3/q+1. The number of rotatable bonds is 22. The summed E-state index contributed by atoms with van der Waals surface area (Å²) in [5.74, 6) is 0. The highest BCUT2D eigenvalue weighted by Gasteiger charge is 2.14. The van der Waals surface area contributed by atoms with E-state index >= 15 is 0 Å². The van der Waals surface area contributed by atoms with Crippen LogP contribution in [-0.4, -0.2) is 55.2 Å². The zero-order valence-corrected chi connectivity index (χ0v) is 21.2. The van der Waals surface area contributed by atoms with Crippen LogP contribution < -0.4 is 0 Å². The molecule has 0 amide bonds. The van der Waals surface area contributed by atoms with E-state index in [1.165, 1.54) is 120 Å². The molecule has 0 saturated heterocycles. The molecule has 4 heteroatoms. The van der Waals surface area contributed by atoms with Gasteiger partial charge in [0, 0.05) is 14.2 Å². The van der Waals surface area contributed by atoms with Crippen LogP contribution in [0.1, 0.15) is 110 Å². The van der Waals surface area contributed by atoms with Crippen molar-refractivity contribution in [1.82, 2.24) is 0 Å². The molecule has 0 aromatic heterocycles. The minimum Gasteiger partial charge on any atom is -0.397 e. The van der Waals surface area contributed by atoms with Crippen LogP contribution in [0.3, 0.4) is 0 Å². The molecule has 169 valence electrons. The van der Waals surface area contributed by atoms with Crippen LogP contribution in [-0.2, 0) is 8.85 Å². The second kappa shape index (κ2) is 20.4. The first-order valence-electron chi connectivity index (χ1n) is 12.3. The Morgan fingerprint density at radius 3 is 1.29 bits per heavy atom. The lowest BCUT2D eigenvalue weighted by Crippen LogP contribution is -2.41. The molecule has 0 saturated carbocycles. The normalized spacial score (nSPS) is 12.2. The van der Waals surface area contributed by atoms with Crippen molar-refractivity contribution in [2.24, 2.45) is 0 Å². The van der Waals surface area contributed by atoms with Gasteiger partial charge in [0.2, 0.25) is 0 Å². The van der Waals surface area contributed by atoms with Gasteiger partial charge in [-0.25, -0.2) is 0 Å². The molecular formula is C24H53NO2Si+. The average molecular weight is 416 g/mol. The fraction of sp³-hybridized carbons (Fsp3) is 1.00. The summed E-state index contributed by atoms with van der Waals surface area (Å²) in [4.78, 5) is 0. The largest absolute Gasteiger partial charge is 0.397 e. The van der Waals surface area contributed by atoms with Crippen molar-refractivity contribution in [1.29, 1.82) is 0 Å². The third-order valence-corrected chi connectivity index (χ3v) is 7.64. The topological polar surface area (TPSA) is 18.5 Å². The zero-order valence-electron chi connectivity index (χ0n) is 20.2. The van der Waals surface area contributed by atoms with Gasteiger partial charge in [0.25, 0.3) is 0 Å². The minimum absolute atomic E-state index is 0.963. The summed E-state index contributed by atoms with van der Waals surface area (Å²) in [5.41, 5.74) is 0. The molecule has 0 aliphatic heterocycles. The molecule has 3 nitrogen and oxygen atoms in total. The first-order valence-corrected chi connectivity index (χ1v) is 13.8. The smallest absolute Gasteiger partial charge is 0.384 e. The van der Waals surface area contributed by atoms with Crippen molar-refractivity contribution in [3.63, 3.8) is 0 Å². The fourth-order valence-electron chi connectivity index (χ4n) is 3.94. The van der Waals surface area contributed by atoms with Gasteiger partial charge in [0.05, 0.1) is 27.2 Å². The molecule has 0 spiro atoms. The summed E-state index contributed by atoms with van der Waals surface area (Å²) >= 11 is 0. The van der Waals surface area contributed by atoms with Gasteiger partial charge in [-0.3, -0.25) is 0 Å². The lowest BCUT2D eigenvalue weighted by molar-refractivity contribution is -0.890. The Hall–Kier alpha value is 0.0969. The highest BCUT2D eigenvalue weighted by molar-refractivity contribution is 6.44. The van der Waals surface area contributed by atoms with Crippen molar-refractivity contribution < 1.29 is 13.3 Å². The number of quaternary nitrogens is 1. The van der Waals surface area contributed by atoms with Crippen LogP contribution in [0.15, 0.2) is 0 Å². The summed E-state index contributed by atoms with van der Waals surface area (Å²) in [6.45, 7) is 5.00. The second-order valence-corrected chi connectivity index (χ2v) is 11.3. The van der Waals surface area contributed by atoms with E-state index in [0.717, 1.165) is 6.04 Å². The van der Waals surface area contributed by atoms with Crippen molar-refractivity contribution in [2.45, 2.75) is 116 Å². The van der Waals surface area contributed by atoms with Crippen molar-refractivity contribution in [2.75, 3.05) is 41.4 Å². The molecule has 0 N–H and O–H groups in total. The van der Waals surface area contributed by atoms with Crippen LogP contribution in [0, 0.1) is 0 Å². The molecule has 28 heavy (non-hydrogen) atoms. The van der Waals surface area contributed by atoms with Crippen LogP contribution in [0.25, 0.3) is 0 Å². The maximum absolute atomic E-state index is 5.34. The molecule has 0 aromatic rings. The van der Waals surface area contributed by atoms with E-state index in [2.05, 4.69) is 21.0 Å². The molecule has 0 unspecified atom stereocenters. The molecule has 0 aliphatic carbocycles. The van der Waals surface area contributed by atoms with Gasteiger partial charge in [-0.2, -0.15) is 0 Å². The maximum Gasteiger partial charge on any atom is 0.384 e. The molecule has 0 bridgehead atoms. The van der Waals surface area contributed by atoms with Gasteiger partial charge in [-0.05, 0) is 31.7 Å². The number of nitrogens with zero attached hydrogens (tertiary/aromatic N) is 1. The summed E-state index contributed by atoms with van der Waals surface area (Å²) in [7, 11) is 7.43. The first kappa shape index (κ1) is 28.1. The molecule has 0 aliphatic rings. The molecular weight excluding hydrogens is 362 g/mol. The van der Waals surface area contributed by atoms with E-state index in [9.17, 15) is 0 Å². The van der Waals surface area contributed by atoms with Crippen molar-refractivity contribution in [3.8, 4) is 0 Å². The first-order chi connectivity index (χ1) is 13.6. The van der Waals surface area contributed by atoms with Crippen LogP contribution in [0.5, 0.6) is 0 Å². The lowest BCUT2D eigenvalue weighted by Gasteiger charge is -2.30. The Balaban J connectivity index is 3.39. The van der Waals surface area contributed by atoms with Crippen LogP contribution in [0.4, 0.5) is 0 Å². The molecule has 0 aromatic carbocycles. The molecule has 0 atom stereocenters. The van der Waals surface area contributed by atoms with Gasteiger partial charge < -0.3 is 13.3 Å².